The molecule has 0 aromatic heterocycles. The molecule has 0 saturated heterocycles. The number of nitrogens with two attached hydrogens (primary N) is 1. The lowest BCUT2D eigenvalue weighted by atomic mass is 9.97. The van der Waals surface area contributed by atoms with E-state index in [1.54, 1.807) is 0 Å². The van der Waals surface area contributed by atoms with Gasteiger partial charge in [0.15, 0.2) is 0 Å². The molecular formula is C15H16N2. The van der Waals surface area contributed by atoms with Gasteiger partial charge in [0, 0.05) is 12.1 Å². The summed E-state index contributed by atoms with van der Waals surface area (Å²) < 4.78 is 0. The quantitative estimate of drug-likeness (QED) is 0.722. The van der Waals surface area contributed by atoms with Crippen LogP contribution < -0.4 is 11.1 Å². The SMILES string of the molecule is Cc1cccc2c1Cc1ccccc1C(N)N2. The smallest absolute Gasteiger partial charge is 0.101 e. The standard InChI is InChI=1S/C15H16N2/c1-10-5-4-8-14-13(10)9-11-6-2-3-7-12(11)15(16)17-14/h2-8,15,17H,9,16H2,1H3. The summed E-state index contributed by atoms with van der Waals surface area (Å²) in [5, 5.41) is 3.40. The van der Waals surface area contributed by atoms with E-state index in [0.717, 1.165) is 12.1 Å². The molecule has 1 aliphatic heterocycles. The third kappa shape index (κ3) is 1.71. The maximum atomic E-state index is 6.20. The predicted octanol–water partition coefficient (Wildman–Crippen LogP) is 2.97. The van der Waals surface area contributed by atoms with Gasteiger partial charge in [-0.05, 0) is 35.2 Å². The summed E-state index contributed by atoms with van der Waals surface area (Å²) in [4.78, 5) is 0. The number of aryl methyl sites for hydroxylation is 1. The highest BCUT2D eigenvalue weighted by molar-refractivity contribution is 5.60. The van der Waals surface area contributed by atoms with Crippen molar-refractivity contribution < 1.29 is 0 Å². The molecule has 1 aliphatic rings. The van der Waals surface area contributed by atoms with Crippen LogP contribution in [0.5, 0.6) is 0 Å². The summed E-state index contributed by atoms with van der Waals surface area (Å²) in [5.41, 5.74) is 12.6. The third-order valence-corrected chi connectivity index (χ3v) is 3.48. The van der Waals surface area contributed by atoms with Crippen LogP contribution in [-0.2, 0) is 6.42 Å². The van der Waals surface area contributed by atoms with Gasteiger partial charge in [0.05, 0.1) is 0 Å². The number of anilines is 1. The van der Waals surface area contributed by atoms with Crippen LogP contribution in [0.4, 0.5) is 5.69 Å². The minimum Gasteiger partial charge on any atom is -0.366 e. The lowest BCUT2D eigenvalue weighted by Crippen LogP contribution is -2.19. The number of hydrogen-bond donors (Lipinski definition) is 2. The first-order valence-electron chi connectivity index (χ1n) is 5.94. The van der Waals surface area contributed by atoms with E-state index in [9.17, 15) is 0 Å². The average molecular weight is 224 g/mol. The van der Waals surface area contributed by atoms with Gasteiger partial charge in [0.2, 0.25) is 0 Å². The zero-order chi connectivity index (χ0) is 11.8. The molecule has 0 fully saturated rings. The number of fused-ring (bicyclic) bond motifs is 2. The predicted molar refractivity (Wildman–Crippen MR) is 71.0 cm³/mol. The second kappa shape index (κ2) is 3.90. The average Bonchev–Trinajstić information content (AvgIpc) is 2.47. The normalized spacial score (nSPS) is 17.6. The van der Waals surface area contributed by atoms with Gasteiger partial charge in [-0.25, -0.2) is 0 Å². The largest absolute Gasteiger partial charge is 0.366 e. The number of benzene rings is 2. The maximum absolute atomic E-state index is 6.20. The molecule has 1 unspecified atom stereocenters. The number of rotatable bonds is 0. The van der Waals surface area contributed by atoms with Crippen molar-refractivity contribution in [1.29, 1.82) is 0 Å². The van der Waals surface area contributed by atoms with Gasteiger partial charge in [-0.2, -0.15) is 0 Å². The highest BCUT2D eigenvalue weighted by atomic mass is 15.0. The molecule has 2 aromatic carbocycles. The first-order chi connectivity index (χ1) is 8.25. The molecule has 2 heteroatoms. The third-order valence-electron chi connectivity index (χ3n) is 3.48. The molecule has 1 atom stereocenters. The van der Waals surface area contributed by atoms with Crippen molar-refractivity contribution >= 4 is 5.69 Å². The Balaban J connectivity index is 2.18. The second-order valence-corrected chi connectivity index (χ2v) is 4.60. The minimum atomic E-state index is -0.116. The second-order valence-electron chi connectivity index (χ2n) is 4.60. The molecular weight excluding hydrogens is 208 g/mol. The van der Waals surface area contributed by atoms with Crippen LogP contribution in [0.15, 0.2) is 42.5 Å². The molecule has 0 bridgehead atoms. The van der Waals surface area contributed by atoms with Gasteiger partial charge >= 0.3 is 0 Å². The Hall–Kier alpha value is -1.80. The van der Waals surface area contributed by atoms with Crippen LogP contribution in [0.3, 0.4) is 0 Å². The maximum Gasteiger partial charge on any atom is 0.101 e. The van der Waals surface area contributed by atoms with Crippen molar-refractivity contribution in [2.45, 2.75) is 19.5 Å². The molecule has 0 spiro atoms. The molecule has 17 heavy (non-hydrogen) atoms. The van der Waals surface area contributed by atoms with E-state index in [-0.39, 0.29) is 6.17 Å². The summed E-state index contributed by atoms with van der Waals surface area (Å²) in [6, 6.07) is 14.7. The zero-order valence-corrected chi connectivity index (χ0v) is 9.90. The molecule has 0 aliphatic carbocycles. The fraction of sp³-hybridized carbons (Fsp3) is 0.200. The fourth-order valence-corrected chi connectivity index (χ4v) is 2.51. The lowest BCUT2D eigenvalue weighted by Gasteiger charge is -2.15. The Kier molecular flexibility index (Phi) is 2.37. The Morgan fingerprint density at radius 2 is 1.94 bits per heavy atom. The molecule has 0 amide bonds. The molecule has 86 valence electrons. The molecule has 2 aromatic rings. The van der Waals surface area contributed by atoms with E-state index in [4.69, 9.17) is 5.73 Å². The van der Waals surface area contributed by atoms with E-state index in [1.807, 2.05) is 6.07 Å². The highest BCUT2D eigenvalue weighted by Crippen LogP contribution is 2.31. The van der Waals surface area contributed by atoms with Gasteiger partial charge in [0.25, 0.3) is 0 Å². The molecule has 3 rings (SSSR count). The molecule has 1 heterocycles. The van der Waals surface area contributed by atoms with E-state index in [0.29, 0.717) is 0 Å². The van der Waals surface area contributed by atoms with Crippen molar-refractivity contribution in [3.8, 4) is 0 Å². The monoisotopic (exact) mass is 224 g/mol. The molecule has 3 N–H and O–H groups in total. The van der Waals surface area contributed by atoms with E-state index in [2.05, 4.69) is 48.6 Å². The van der Waals surface area contributed by atoms with Crippen LogP contribution in [0.1, 0.15) is 28.4 Å². The van der Waals surface area contributed by atoms with Crippen molar-refractivity contribution in [2.24, 2.45) is 5.73 Å². The van der Waals surface area contributed by atoms with E-state index >= 15 is 0 Å². The Morgan fingerprint density at radius 1 is 1.12 bits per heavy atom. The summed E-state index contributed by atoms with van der Waals surface area (Å²) in [5.74, 6) is 0. The summed E-state index contributed by atoms with van der Waals surface area (Å²) in [6.07, 6.45) is 0.841. The highest BCUT2D eigenvalue weighted by Gasteiger charge is 2.18. The summed E-state index contributed by atoms with van der Waals surface area (Å²) in [7, 11) is 0. The van der Waals surface area contributed by atoms with Crippen LogP contribution in [0.2, 0.25) is 0 Å². The molecule has 2 nitrogen and oxygen atoms in total. The van der Waals surface area contributed by atoms with Gasteiger partial charge in [-0.1, -0.05) is 36.4 Å². The lowest BCUT2D eigenvalue weighted by molar-refractivity contribution is 0.833. The van der Waals surface area contributed by atoms with Crippen LogP contribution >= 0.6 is 0 Å². The Morgan fingerprint density at radius 3 is 2.82 bits per heavy atom. The number of hydrogen-bond acceptors (Lipinski definition) is 2. The number of nitrogens with one attached hydrogen (secondary N) is 1. The zero-order valence-electron chi connectivity index (χ0n) is 9.90. The van der Waals surface area contributed by atoms with E-state index < -0.39 is 0 Å². The van der Waals surface area contributed by atoms with Crippen LogP contribution in [0, 0.1) is 6.92 Å². The van der Waals surface area contributed by atoms with Crippen LogP contribution in [0.25, 0.3) is 0 Å². The van der Waals surface area contributed by atoms with Crippen LogP contribution in [-0.4, -0.2) is 0 Å². The van der Waals surface area contributed by atoms with Crippen molar-refractivity contribution in [3.05, 3.63) is 64.7 Å². The molecule has 0 radical (unpaired) electrons. The van der Waals surface area contributed by atoms with Crippen molar-refractivity contribution in [1.82, 2.24) is 0 Å². The summed E-state index contributed by atoms with van der Waals surface area (Å²) in [6.45, 7) is 2.15. The Labute approximate surface area is 101 Å². The Bertz CT molecular complexity index is 561. The van der Waals surface area contributed by atoms with Gasteiger partial charge in [0.1, 0.15) is 6.17 Å². The fourth-order valence-electron chi connectivity index (χ4n) is 2.51. The summed E-state index contributed by atoms with van der Waals surface area (Å²) >= 11 is 0. The first kappa shape index (κ1) is 10.4. The van der Waals surface area contributed by atoms with Gasteiger partial charge in [-0.3, -0.25) is 0 Å². The topological polar surface area (TPSA) is 38.0 Å². The van der Waals surface area contributed by atoms with E-state index in [1.165, 1.54) is 22.3 Å². The van der Waals surface area contributed by atoms with Crippen molar-refractivity contribution in [3.63, 3.8) is 0 Å². The minimum absolute atomic E-state index is 0.116. The first-order valence-corrected chi connectivity index (χ1v) is 5.94. The van der Waals surface area contributed by atoms with Gasteiger partial charge < -0.3 is 11.1 Å². The molecule has 0 saturated carbocycles. The van der Waals surface area contributed by atoms with Gasteiger partial charge in [-0.15, -0.1) is 0 Å². The van der Waals surface area contributed by atoms with Crippen molar-refractivity contribution in [2.75, 3.05) is 5.32 Å².